The summed E-state index contributed by atoms with van der Waals surface area (Å²) in [4.78, 5) is 11.0. The minimum absolute atomic E-state index is 0.225. The second kappa shape index (κ2) is 4.66. The van der Waals surface area contributed by atoms with E-state index in [0.717, 1.165) is 22.1 Å². The number of aromatic nitrogens is 2. The molecule has 19 heavy (non-hydrogen) atoms. The standard InChI is InChI=1S/C13H8N2O3S/c16-13(17)11-5-9(7-19-11)18-12-10-4-2-1-3-8(10)6-14-15-12/h1-7H,(H,16,17). The summed E-state index contributed by atoms with van der Waals surface area (Å²) in [6.45, 7) is 0. The third-order valence-corrected chi connectivity index (χ3v) is 3.43. The number of carboxylic acids is 1. The van der Waals surface area contributed by atoms with Crippen LogP contribution >= 0.6 is 11.3 Å². The minimum Gasteiger partial charge on any atom is -0.477 e. The average Bonchev–Trinajstić information content (AvgIpc) is 2.88. The molecule has 0 atom stereocenters. The van der Waals surface area contributed by atoms with Gasteiger partial charge in [0, 0.05) is 22.2 Å². The van der Waals surface area contributed by atoms with Crippen LogP contribution in [0.3, 0.4) is 0 Å². The van der Waals surface area contributed by atoms with Crippen LogP contribution in [0, 0.1) is 0 Å². The van der Waals surface area contributed by atoms with Gasteiger partial charge in [0.1, 0.15) is 10.6 Å². The van der Waals surface area contributed by atoms with Crippen LogP contribution in [-0.2, 0) is 0 Å². The molecule has 0 unspecified atom stereocenters. The van der Waals surface area contributed by atoms with E-state index in [1.165, 1.54) is 6.07 Å². The van der Waals surface area contributed by atoms with E-state index in [4.69, 9.17) is 9.84 Å². The lowest BCUT2D eigenvalue weighted by atomic mass is 10.2. The van der Waals surface area contributed by atoms with Crippen molar-refractivity contribution >= 4 is 28.1 Å². The highest BCUT2D eigenvalue weighted by Crippen LogP contribution is 2.29. The van der Waals surface area contributed by atoms with Gasteiger partial charge in [0.15, 0.2) is 0 Å². The number of hydrogen-bond donors (Lipinski definition) is 1. The van der Waals surface area contributed by atoms with E-state index in [1.807, 2.05) is 24.3 Å². The third kappa shape index (κ3) is 2.25. The highest BCUT2D eigenvalue weighted by atomic mass is 32.1. The molecule has 0 aliphatic rings. The smallest absolute Gasteiger partial charge is 0.346 e. The molecule has 0 saturated heterocycles. The van der Waals surface area contributed by atoms with Crippen molar-refractivity contribution in [1.82, 2.24) is 10.2 Å². The lowest BCUT2D eigenvalue weighted by Gasteiger charge is -2.04. The normalized spacial score (nSPS) is 10.5. The van der Waals surface area contributed by atoms with Gasteiger partial charge in [-0.05, 0) is 6.07 Å². The number of nitrogens with zero attached hydrogens (tertiary/aromatic N) is 2. The molecule has 3 rings (SSSR count). The van der Waals surface area contributed by atoms with Crippen molar-refractivity contribution in [3.8, 4) is 11.6 Å². The first-order chi connectivity index (χ1) is 9.24. The Kier molecular flexibility index (Phi) is 2.85. The van der Waals surface area contributed by atoms with Crippen LogP contribution in [0.5, 0.6) is 11.6 Å². The number of hydrogen-bond acceptors (Lipinski definition) is 5. The maximum Gasteiger partial charge on any atom is 0.346 e. The Morgan fingerprint density at radius 3 is 2.95 bits per heavy atom. The van der Waals surface area contributed by atoms with Crippen LogP contribution in [-0.4, -0.2) is 21.3 Å². The number of rotatable bonds is 3. The van der Waals surface area contributed by atoms with Crippen LogP contribution in [0.4, 0.5) is 0 Å². The fourth-order valence-corrected chi connectivity index (χ4v) is 2.32. The van der Waals surface area contributed by atoms with Crippen molar-refractivity contribution in [3.63, 3.8) is 0 Å². The zero-order chi connectivity index (χ0) is 13.2. The molecule has 3 aromatic rings. The van der Waals surface area contributed by atoms with Crippen LogP contribution in [0.1, 0.15) is 9.67 Å². The minimum atomic E-state index is -0.969. The molecule has 0 aliphatic carbocycles. The second-order valence-electron chi connectivity index (χ2n) is 3.79. The molecule has 0 amide bonds. The Bertz CT molecular complexity index is 749. The second-order valence-corrected chi connectivity index (χ2v) is 4.70. The van der Waals surface area contributed by atoms with Gasteiger partial charge < -0.3 is 9.84 Å². The van der Waals surface area contributed by atoms with Crippen molar-refractivity contribution in [2.75, 3.05) is 0 Å². The van der Waals surface area contributed by atoms with Crippen LogP contribution in [0.2, 0.25) is 0 Å². The molecule has 0 saturated carbocycles. The van der Waals surface area contributed by atoms with Gasteiger partial charge in [-0.2, -0.15) is 5.10 Å². The van der Waals surface area contributed by atoms with Crippen molar-refractivity contribution < 1.29 is 14.6 Å². The predicted octanol–water partition coefficient (Wildman–Crippen LogP) is 3.18. The van der Waals surface area contributed by atoms with Gasteiger partial charge in [-0.25, -0.2) is 4.79 Å². The van der Waals surface area contributed by atoms with Gasteiger partial charge in [0.25, 0.3) is 0 Å². The number of benzene rings is 1. The molecule has 1 aromatic carbocycles. The van der Waals surface area contributed by atoms with E-state index in [9.17, 15) is 4.79 Å². The molecule has 0 fully saturated rings. The highest BCUT2D eigenvalue weighted by Gasteiger charge is 2.10. The monoisotopic (exact) mass is 272 g/mol. The van der Waals surface area contributed by atoms with Gasteiger partial charge in [0.2, 0.25) is 5.88 Å². The highest BCUT2D eigenvalue weighted by molar-refractivity contribution is 7.12. The van der Waals surface area contributed by atoms with Crippen molar-refractivity contribution in [3.05, 3.63) is 46.8 Å². The first-order valence-corrected chi connectivity index (χ1v) is 6.32. The zero-order valence-corrected chi connectivity index (χ0v) is 10.4. The Labute approximate surface area is 112 Å². The van der Waals surface area contributed by atoms with E-state index in [1.54, 1.807) is 11.6 Å². The van der Waals surface area contributed by atoms with Crippen LogP contribution in [0.15, 0.2) is 41.9 Å². The Morgan fingerprint density at radius 2 is 2.16 bits per heavy atom. The molecule has 0 radical (unpaired) electrons. The first-order valence-electron chi connectivity index (χ1n) is 5.44. The Balaban J connectivity index is 1.98. The summed E-state index contributed by atoms with van der Waals surface area (Å²) < 4.78 is 5.60. The quantitative estimate of drug-likeness (QED) is 0.792. The van der Waals surface area contributed by atoms with Crippen LogP contribution in [0.25, 0.3) is 10.8 Å². The van der Waals surface area contributed by atoms with E-state index in [-0.39, 0.29) is 4.88 Å². The molecular formula is C13H8N2O3S. The van der Waals surface area contributed by atoms with Gasteiger partial charge in [-0.15, -0.1) is 16.4 Å². The largest absolute Gasteiger partial charge is 0.477 e. The summed E-state index contributed by atoms with van der Waals surface area (Å²) in [5.74, 6) is -0.148. The fourth-order valence-electron chi connectivity index (χ4n) is 1.67. The topological polar surface area (TPSA) is 72.3 Å². The summed E-state index contributed by atoms with van der Waals surface area (Å²) in [6.07, 6.45) is 1.65. The maximum absolute atomic E-state index is 10.8. The lowest BCUT2D eigenvalue weighted by Crippen LogP contribution is -1.92. The molecular weight excluding hydrogens is 264 g/mol. The van der Waals surface area contributed by atoms with E-state index < -0.39 is 5.97 Å². The van der Waals surface area contributed by atoms with Crippen molar-refractivity contribution in [1.29, 1.82) is 0 Å². The zero-order valence-electron chi connectivity index (χ0n) is 9.61. The van der Waals surface area contributed by atoms with Gasteiger partial charge in [-0.3, -0.25) is 0 Å². The van der Waals surface area contributed by atoms with E-state index in [0.29, 0.717) is 11.6 Å². The lowest BCUT2D eigenvalue weighted by molar-refractivity contribution is 0.0702. The SMILES string of the molecule is O=C(O)c1cc(Oc2nncc3ccccc23)cs1. The van der Waals surface area contributed by atoms with Crippen molar-refractivity contribution in [2.24, 2.45) is 0 Å². The molecule has 94 valence electrons. The Hall–Kier alpha value is -2.47. The summed E-state index contributed by atoms with van der Waals surface area (Å²) in [5, 5.41) is 20.1. The Morgan fingerprint density at radius 1 is 1.32 bits per heavy atom. The summed E-state index contributed by atoms with van der Waals surface area (Å²) >= 11 is 1.11. The van der Waals surface area contributed by atoms with E-state index in [2.05, 4.69) is 10.2 Å². The fraction of sp³-hybridized carbons (Fsp3) is 0. The molecule has 6 heteroatoms. The number of aromatic carboxylic acids is 1. The molecule has 2 aromatic heterocycles. The number of carboxylic acid groups (broad SMARTS) is 1. The number of thiophene rings is 1. The van der Waals surface area contributed by atoms with Gasteiger partial charge in [-0.1, -0.05) is 18.2 Å². The summed E-state index contributed by atoms with van der Waals surface area (Å²) in [7, 11) is 0. The summed E-state index contributed by atoms with van der Waals surface area (Å²) in [6, 6.07) is 9.04. The van der Waals surface area contributed by atoms with Gasteiger partial charge >= 0.3 is 5.97 Å². The number of carbonyl (C=O) groups is 1. The van der Waals surface area contributed by atoms with Crippen LogP contribution < -0.4 is 4.74 Å². The van der Waals surface area contributed by atoms with Crippen molar-refractivity contribution in [2.45, 2.75) is 0 Å². The maximum atomic E-state index is 10.8. The molecule has 0 aliphatic heterocycles. The van der Waals surface area contributed by atoms with E-state index >= 15 is 0 Å². The number of ether oxygens (including phenoxy) is 1. The van der Waals surface area contributed by atoms with Gasteiger partial charge in [0.05, 0.1) is 6.20 Å². The molecule has 1 N–H and O–H groups in total. The average molecular weight is 272 g/mol. The molecule has 2 heterocycles. The molecule has 0 bridgehead atoms. The summed E-state index contributed by atoms with van der Waals surface area (Å²) in [5.41, 5.74) is 0. The predicted molar refractivity (Wildman–Crippen MR) is 70.9 cm³/mol. The molecule has 5 nitrogen and oxygen atoms in total. The first kappa shape index (κ1) is 11.6. The third-order valence-electron chi connectivity index (χ3n) is 2.54. The number of fused-ring (bicyclic) bond motifs is 1. The molecule has 0 spiro atoms.